The highest BCUT2D eigenvalue weighted by molar-refractivity contribution is 5.96. The fourth-order valence-electron chi connectivity index (χ4n) is 3.38. The zero-order chi connectivity index (χ0) is 21.1. The Balaban J connectivity index is 1.65. The average molecular weight is 399 g/mol. The van der Waals surface area contributed by atoms with Gasteiger partial charge in [0.25, 0.3) is 5.91 Å². The normalized spacial score (nSPS) is 10.9. The number of carbonyl (C=O) groups excluding carboxylic acids is 1. The second kappa shape index (κ2) is 8.24. The first kappa shape index (κ1) is 19.4. The van der Waals surface area contributed by atoms with Crippen molar-refractivity contribution in [1.82, 2.24) is 24.8 Å². The van der Waals surface area contributed by atoms with Crippen molar-refractivity contribution in [3.8, 4) is 11.3 Å². The van der Waals surface area contributed by atoms with Gasteiger partial charge in [-0.3, -0.25) is 19.6 Å². The number of amides is 1. The maximum absolute atomic E-state index is 12.9. The smallest absolute Gasteiger partial charge is 0.257 e. The van der Waals surface area contributed by atoms with Crippen molar-refractivity contribution in [2.75, 3.05) is 0 Å². The highest BCUT2D eigenvalue weighted by atomic mass is 16.2. The number of hydrogen-bond acceptors (Lipinski definition) is 5. The van der Waals surface area contributed by atoms with Crippen LogP contribution in [0.3, 0.4) is 0 Å². The Labute approximate surface area is 173 Å². The first-order valence-corrected chi connectivity index (χ1v) is 9.71. The number of aromatic nitrogens is 4. The molecule has 0 aromatic carbocycles. The molecule has 150 valence electrons. The number of carbonyl (C=O) groups is 1. The molecule has 7 nitrogen and oxygen atoms in total. The molecule has 0 aliphatic rings. The molecule has 7 heteroatoms. The van der Waals surface area contributed by atoms with E-state index in [-0.39, 0.29) is 17.5 Å². The van der Waals surface area contributed by atoms with Gasteiger partial charge in [-0.15, -0.1) is 0 Å². The Morgan fingerprint density at radius 1 is 1.13 bits per heavy atom. The number of aryl methyl sites for hydroxylation is 2. The molecule has 4 aromatic heterocycles. The zero-order valence-corrected chi connectivity index (χ0v) is 16.8. The van der Waals surface area contributed by atoms with Crippen LogP contribution in [0.5, 0.6) is 0 Å². The van der Waals surface area contributed by atoms with Gasteiger partial charge < -0.3 is 9.88 Å². The molecule has 1 amide bonds. The van der Waals surface area contributed by atoms with E-state index < -0.39 is 5.91 Å². The molecule has 0 bridgehead atoms. The minimum absolute atomic E-state index is 0.0989. The summed E-state index contributed by atoms with van der Waals surface area (Å²) in [6.07, 6.45) is 6.71. The van der Waals surface area contributed by atoms with Crippen LogP contribution in [0.2, 0.25) is 0 Å². The third-order valence-corrected chi connectivity index (χ3v) is 4.91. The predicted molar refractivity (Wildman–Crippen MR) is 115 cm³/mol. The van der Waals surface area contributed by atoms with Crippen LogP contribution in [0.25, 0.3) is 22.3 Å². The summed E-state index contributed by atoms with van der Waals surface area (Å²) in [5.74, 6) is -0.425. The van der Waals surface area contributed by atoms with Gasteiger partial charge in [-0.25, -0.2) is 4.98 Å². The molecule has 4 rings (SSSR count). The van der Waals surface area contributed by atoms with Crippen molar-refractivity contribution in [3.63, 3.8) is 0 Å². The fourth-order valence-corrected chi connectivity index (χ4v) is 3.38. The van der Waals surface area contributed by atoms with Crippen molar-refractivity contribution in [1.29, 1.82) is 0 Å². The molecule has 1 N–H and O–H groups in total. The quantitative estimate of drug-likeness (QED) is 0.557. The van der Waals surface area contributed by atoms with E-state index in [1.165, 1.54) is 0 Å². The predicted octanol–water partition coefficient (Wildman–Crippen LogP) is 3.11. The van der Waals surface area contributed by atoms with Crippen LogP contribution in [-0.4, -0.2) is 25.4 Å². The third kappa shape index (κ3) is 3.69. The lowest BCUT2D eigenvalue weighted by Gasteiger charge is -2.12. The van der Waals surface area contributed by atoms with Crippen molar-refractivity contribution in [2.45, 2.75) is 26.9 Å². The molecular formula is C23H21N5O2. The summed E-state index contributed by atoms with van der Waals surface area (Å²) < 4.78 is 1.82. The average Bonchev–Trinajstić information content (AvgIpc) is 2.78. The molecular weight excluding hydrogens is 378 g/mol. The van der Waals surface area contributed by atoms with Crippen molar-refractivity contribution < 1.29 is 4.79 Å². The number of nitrogens with one attached hydrogen (secondary N) is 1. The van der Waals surface area contributed by atoms with Gasteiger partial charge in [0.05, 0.1) is 11.1 Å². The molecule has 0 saturated carbocycles. The lowest BCUT2D eigenvalue weighted by molar-refractivity contribution is 0.0949. The van der Waals surface area contributed by atoms with Crippen LogP contribution >= 0.6 is 0 Å². The Morgan fingerprint density at radius 3 is 2.73 bits per heavy atom. The van der Waals surface area contributed by atoms with Crippen LogP contribution < -0.4 is 10.7 Å². The fraction of sp³-hybridized carbons (Fsp3) is 0.174. The number of hydrogen-bond donors (Lipinski definition) is 1. The minimum atomic E-state index is -0.425. The Hall–Kier alpha value is -3.87. The first-order valence-electron chi connectivity index (χ1n) is 9.71. The number of nitrogens with zero attached hydrogens (tertiary/aromatic N) is 4. The van der Waals surface area contributed by atoms with Gasteiger partial charge in [0.2, 0.25) is 5.43 Å². The van der Waals surface area contributed by atoms with E-state index in [1.54, 1.807) is 36.9 Å². The lowest BCUT2D eigenvalue weighted by atomic mass is 10.1. The number of pyridine rings is 4. The maximum atomic E-state index is 12.9. The molecule has 0 saturated heterocycles. The van der Waals surface area contributed by atoms with Gasteiger partial charge in [0, 0.05) is 49.1 Å². The van der Waals surface area contributed by atoms with Gasteiger partial charge in [0.15, 0.2) is 0 Å². The molecule has 0 aliphatic carbocycles. The van der Waals surface area contributed by atoms with Gasteiger partial charge in [-0.1, -0.05) is 6.07 Å². The zero-order valence-electron chi connectivity index (χ0n) is 16.8. The standard InChI is InChI=1S/C23H21N5O2/c1-3-28-14-19(21(29)18-9-8-15(2)27-22(18)28)23(30)26-13-17-7-5-11-25-20(17)16-6-4-10-24-12-16/h4-12,14H,3,13H2,1-2H3,(H,26,30). The largest absolute Gasteiger partial charge is 0.348 e. The molecule has 0 atom stereocenters. The number of rotatable bonds is 5. The Morgan fingerprint density at radius 2 is 1.97 bits per heavy atom. The first-order chi connectivity index (χ1) is 14.6. The summed E-state index contributed by atoms with van der Waals surface area (Å²) in [4.78, 5) is 38.8. The molecule has 0 spiro atoms. The van der Waals surface area contributed by atoms with Gasteiger partial charge >= 0.3 is 0 Å². The summed E-state index contributed by atoms with van der Waals surface area (Å²) >= 11 is 0. The van der Waals surface area contributed by atoms with E-state index in [0.29, 0.717) is 17.6 Å². The SMILES string of the molecule is CCn1cc(C(=O)NCc2cccnc2-c2cccnc2)c(=O)c2ccc(C)nc21. The van der Waals surface area contributed by atoms with Crippen molar-refractivity contribution in [3.05, 3.63) is 88.2 Å². The third-order valence-electron chi connectivity index (χ3n) is 4.91. The highest BCUT2D eigenvalue weighted by Gasteiger charge is 2.16. The van der Waals surface area contributed by atoms with E-state index >= 15 is 0 Å². The van der Waals surface area contributed by atoms with Gasteiger partial charge in [-0.2, -0.15) is 0 Å². The van der Waals surface area contributed by atoms with Crippen LogP contribution in [0, 0.1) is 6.92 Å². The van der Waals surface area contributed by atoms with Crippen molar-refractivity contribution >= 4 is 16.9 Å². The van der Waals surface area contributed by atoms with Crippen LogP contribution in [-0.2, 0) is 13.1 Å². The molecule has 4 aromatic rings. The number of fused-ring (bicyclic) bond motifs is 1. The van der Waals surface area contributed by atoms with Gasteiger partial charge in [0.1, 0.15) is 11.2 Å². The van der Waals surface area contributed by atoms with E-state index in [4.69, 9.17) is 0 Å². The van der Waals surface area contributed by atoms with Crippen molar-refractivity contribution in [2.24, 2.45) is 0 Å². The summed E-state index contributed by atoms with van der Waals surface area (Å²) in [5, 5.41) is 3.30. The van der Waals surface area contributed by atoms with E-state index in [1.807, 2.05) is 42.7 Å². The Kier molecular flexibility index (Phi) is 5.34. The van der Waals surface area contributed by atoms with Crippen LogP contribution in [0.15, 0.2) is 66.0 Å². The lowest BCUT2D eigenvalue weighted by Crippen LogP contribution is -2.30. The molecule has 0 fully saturated rings. The van der Waals surface area contributed by atoms with E-state index in [9.17, 15) is 9.59 Å². The van der Waals surface area contributed by atoms with Crippen LogP contribution in [0.1, 0.15) is 28.5 Å². The summed E-state index contributed by atoms with van der Waals surface area (Å²) in [5.41, 5.74) is 3.64. The topological polar surface area (TPSA) is 89.8 Å². The second-order valence-electron chi connectivity index (χ2n) is 6.92. The highest BCUT2D eigenvalue weighted by Crippen LogP contribution is 2.20. The summed E-state index contributed by atoms with van der Waals surface area (Å²) in [6, 6.07) is 11.0. The maximum Gasteiger partial charge on any atom is 0.257 e. The minimum Gasteiger partial charge on any atom is -0.348 e. The van der Waals surface area contributed by atoms with E-state index in [0.717, 1.165) is 22.5 Å². The molecule has 4 heterocycles. The monoisotopic (exact) mass is 399 g/mol. The molecule has 0 unspecified atom stereocenters. The van der Waals surface area contributed by atoms with Gasteiger partial charge in [-0.05, 0) is 49.7 Å². The molecule has 0 aliphatic heterocycles. The summed E-state index contributed by atoms with van der Waals surface area (Å²) in [7, 11) is 0. The Bertz CT molecular complexity index is 1280. The second-order valence-corrected chi connectivity index (χ2v) is 6.92. The molecule has 0 radical (unpaired) electrons. The molecule has 30 heavy (non-hydrogen) atoms. The summed E-state index contributed by atoms with van der Waals surface area (Å²) in [6.45, 7) is 4.66. The van der Waals surface area contributed by atoms with E-state index in [2.05, 4.69) is 20.3 Å². The van der Waals surface area contributed by atoms with Crippen LogP contribution in [0.4, 0.5) is 0 Å².